The van der Waals surface area contributed by atoms with Gasteiger partial charge in [-0.05, 0) is 19.6 Å². The van der Waals surface area contributed by atoms with E-state index >= 15 is 0 Å². The van der Waals surface area contributed by atoms with E-state index in [0.717, 1.165) is 11.3 Å². The van der Waals surface area contributed by atoms with Crippen LogP contribution in [-0.2, 0) is 4.79 Å². The standard InChI is InChI=1S/C10H18F3NOS/c1-4-5-6-14(7-10(11,12)13)9(15)8(2)16-3/h8H,4-7H2,1-3H3. The second-order valence-electron chi connectivity index (χ2n) is 3.61. The van der Waals surface area contributed by atoms with Gasteiger partial charge in [0.1, 0.15) is 6.54 Å². The molecule has 0 spiro atoms. The maximum atomic E-state index is 12.3. The molecule has 1 atom stereocenters. The van der Waals surface area contributed by atoms with Crippen LogP contribution in [0.1, 0.15) is 26.7 Å². The number of halogens is 3. The smallest absolute Gasteiger partial charge is 0.333 e. The van der Waals surface area contributed by atoms with Crippen molar-refractivity contribution in [1.82, 2.24) is 4.90 Å². The molecule has 0 bridgehead atoms. The van der Waals surface area contributed by atoms with Gasteiger partial charge in [0, 0.05) is 6.54 Å². The Kier molecular flexibility index (Phi) is 6.87. The first-order valence-electron chi connectivity index (χ1n) is 5.20. The molecule has 0 aromatic carbocycles. The van der Waals surface area contributed by atoms with Gasteiger partial charge in [-0.15, -0.1) is 0 Å². The van der Waals surface area contributed by atoms with Gasteiger partial charge in [0.05, 0.1) is 5.25 Å². The normalized spacial score (nSPS) is 13.6. The molecule has 0 N–H and O–H groups in total. The molecule has 1 amide bonds. The van der Waals surface area contributed by atoms with E-state index in [2.05, 4.69) is 0 Å². The summed E-state index contributed by atoms with van der Waals surface area (Å²) in [6.45, 7) is 2.55. The Labute approximate surface area is 98.6 Å². The van der Waals surface area contributed by atoms with Crippen molar-refractivity contribution in [2.24, 2.45) is 0 Å². The molecule has 16 heavy (non-hydrogen) atoms. The second-order valence-corrected chi connectivity index (χ2v) is 4.78. The summed E-state index contributed by atoms with van der Waals surface area (Å²) in [5.74, 6) is -0.432. The van der Waals surface area contributed by atoms with E-state index in [1.807, 2.05) is 6.92 Å². The van der Waals surface area contributed by atoms with Gasteiger partial charge in [-0.3, -0.25) is 4.79 Å². The number of alkyl halides is 3. The number of thioether (sulfide) groups is 1. The first-order chi connectivity index (χ1) is 7.31. The zero-order chi connectivity index (χ0) is 12.8. The Morgan fingerprint density at radius 3 is 2.38 bits per heavy atom. The number of hydrogen-bond donors (Lipinski definition) is 0. The molecule has 0 heterocycles. The minimum absolute atomic E-state index is 0.180. The lowest BCUT2D eigenvalue weighted by Gasteiger charge is -2.26. The lowest BCUT2D eigenvalue weighted by Crippen LogP contribution is -2.43. The van der Waals surface area contributed by atoms with Crippen molar-refractivity contribution in [3.05, 3.63) is 0 Å². The molecule has 0 fully saturated rings. The third-order valence-corrected chi connectivity index (χ3v) is 3.07. The van der Waals surface area contributed by atoms with Crippen LogP contribution < -0.4 is 0 Å². The summed E-state index contributed by atoms with van der Waals surface area (Å²) < 4.78 is 36.8. The summed E-state index contributed by atoms with van der Waals surface area (Å²) in [6, 6.07) is 0. The van der Waals surface area contributed by atoms with E-state index in [0.29, 0.717) is 6.42 Å². The summed E-state index contributed by atoms with van der Waals surface area (Å²) in [7, 11) is 0. The fourth-order valence-corrected chi connectivity index (χ4v) is 1.54. The van der Waals surface area contributed by atoms with Crippen LogP contribution in [0, 0.1) is 0 Å². The van der Waals surface area contributed by atoms with Crippen molar-refractivity contribution in [3.8, 4) is 0 Å². The third-order valence-electron chi connectivity index (χ3n) is 2.16. The van der Waals surface area contributed by atoms with Crippen LogP contribution in [0.3, 0.4) is 0 Å². The number of rotatable bonds is 6. The molecule has 0 radical (unpaired) electrons. The lowest BCUT2D eigenvalue weighted by molar-refractivity contribution is -0.160. The van der Waals surface area contributed by atoms with Gasteiger partial charge in [0.25, 0.3) is 0 Å². The molecular formula is C10H18F3NOS. The first kappa shape index (κ1) is 15.6. The molecular weight excluding hydrogens is 239 g/mol. The van der Waals surface area contributed by atoms with Gasteiger partial charge >= 0.3 is 6.18 Å². The molecule has 2 nitrogen and oxygen atoms in total. The minimum atomic E-state index is -4.32. The predicted octanol–water partition coefficient (Wildman–Crippen LogP) is 2.93. The quantitative estimate of drug-likeness (QED) is 0.729. The maximum Gasteiger partial charge on any atom is 0.406 e. The predicted molar refractivity (Wildman–Crippen MR) is 60.5 cm³/mol. The Hall–Kier alpha value is -0.390. The zero-order valence-corrected chi connectivity index (χ0v) is 10.6. The number of amides is 1. The van der Waals surface area contributed by atoms with E-state index in [1.165, 1.54) is 11.8 Å². The summed E-state index contributed by atoms with van der Waals surface area (Å²) in [4.78, 5) is 12.6. The van der Waals surface area contributed by atoms with Gasteiger partial charge in [0.2, 0.25) is 5.91 Å². The average Bonchev–Trinajstić information content (AvgIpc) is 2.20. The van der Waals surface area contributed by atoms with E-state index in [1.54, 1.807) is 13.2 Å². The number of nitrogens with zero attached hydrogens (tertiary/aromatic N) is 1. The summed E-state index contributed by atoms with van der Waals surface area (Å²) in [6.07, 6.45) is -1.23. The molecule has 0 aromatic rings. The summed E-state index contributed by atoms with van der Waals surface area (Å²) >= 11 is 1.26. The van der Waals surface area contributed by atoms with Gasteiger partial charge < -0.3 is 4.90 Å². The molecule has 6 heteroatoms. The molecule has 0 saturated heterocycles. The van der Waals surface area contributed by atoms with Crippen molar-refractivity contribution in [3.63, 3.8) is 0 Å². The summed E-state index contributed by atoms with van der Waals surface area (Å²) in [5, 5.41) is -0.417. The molecule has 0 saturated carbocycles. The van der Waals surface area contributed by atoms with Gasteiger partial charge in [-0.25, -0.2) is 0 Å². The van der Waals surface area contributed by atoms with E-state index < -0.39 is 23.9 Å². The van der Waals surface area contributed by atoms with Crippen LogP contribution in [-0.4, -0.2) is 41.6 Å². The number of carbonyl (C=O) groups excluding carboxylic acids is 1. The molecule has 0 aliphatic rings. The van der Waals surface area contributed by atoms with Crippen LogP contribution in [0.4, 0.5) is 13.2 Å². The molecule has 96 valence electrons. The molecule has 0 aromatic heterocycles. The fourth-order valence-electron chi connectivity index (χ4n) is 1.19. The molecule has 1 unspecified atom stereocenters. The van der Waals surface area contributed by atoms with Crippen molar-refractivity contribution in [1.29, 1.82) is 0 Å². The fraction of sp³-hybridized carbons (Fsp3) is 0.900. The average molecular weight is 257 g/mol. The Morgan fingerprint density at radius 1 is 1.44 bits per heavy atom. The van der Waals surface area contributed by atoms with E-state index in [-0.39, 0.29) is 6.54 Å². The second kappa shape index (κ2) is 7.04. The lowest BCUT2D eigenvalue weighted by atomic mass is 10.3. The maximum absolute atomic E-state index is 12.3. The number of hydrogen-bond acceptors (Lipinski definition) is 2. The van der Waals surface area contributed by atoms with Gasteiger partial charge in [0.15, 0.2) is 0 Å². The SMILES string of the molecule is CCCCN(CC(F)(F)F)C(=O)C(C)SC. The Bertz CT molecular complexity index is 221. The highest BCUT2D eigenvalue weighted by molar-refractivity contribution is 7.99. The summed E-state index contributed by atoms with van der Waals surface area (Å²) in [5.41, 5.74) is 0. The highest BCUT2D eigenvalue weighted by Gasteiger charge is 2.33. The molecule has 0 aliphatic carbocycles. The molecule has 0 aliphatic heterocycles. The first-order valence-corrected chi connectivity index (χ1v) is 6.49. The Morgan fingerprint density at radius 2 is 2.00 bits per heavy atom. The highest BCUT2D eigenvalue weighted by atomic mass is 32.2. The van der Waals surface area contributed by atoms with Gasteiger partial charge in [-0.2, -0.15) is 24.9 Å². The van der Waals surface area contributed by atoms with Crippen LogP contribution in [0.25, 0.3) is 0 Å². The Balaban J connectivity index is 4.47. The number of carbonyl (C=O) groups is 1. The third kappa shape index (κ3) is 6.25. The van der Waals surface area contributed by atoms with Crippen molar-refractivity contribution in [2.75, 3.05) is 19.3 Å². The highest BCUT2D eigenvalue weighted by Crippen LogP contribution is 2.19. The van der Waals surface area contributed by atoms with Crippen LogP contribution in [0.2, 0.25) is 0 Å². The van der Waals surface area contributed by atoms with Crippen molar-refractivity contribution >= 4 is 17.7 Å². The van der Waals surface area contributed by atoms with E-state index in [4.69, 9.17) is 0 Å². The van der Waals surface area contributed by atoms with Crippen molar-refractivity contribution < 1.29 is 18.0 Å². The largest absolute Gasteiger partial charge is 0.406 e. The monoisotopic (exact) mass is 257 g/mol. The number of unbranched alkanes of at least 4 members (excludes halogenated alkanes) is 1. The van der Waals surface area contributed by atoms with Crippen LogP contribution in [0.5, 0.6) is 0 Å². The van der Waals surface area contributed by atoms with E-state index in [9.17, 15) is 18.0 Å². The van der Waals surface area contributed by atoms with Crippen LogP contribution in [0.15, 0.2) is 0 Å². The van der Waals surface area contributed by atoms with Crippen molar-refractivity contribution in [2.45, 2.75) is 38.1 Å². The zero-order valence-electron chi connectivity index (χ0n) is 9.80. The molecule has 0 rings (SSSR count). The van der Waals surface area contributed by atoms with Crippen LogP contribution >= 0.6 is 11.8 Å². The minimum Gasteiger partial charge on any atom is -0.333 e. The van der Waals surface area contributed by atoms with Gasteiger partial charge in [-0.1, -0.05) is 13.3 Å². The topological polar surface area (TPSA) is 20.3 Å².